The van der Waals surface area contributed by atoms with E-state index in [-0.39, 0.29) is 57.8 Å². The number of terminal acetylenes is 1. The van der Waals surface area contributed by atoms with E-state index in [4.69, 9.17) is 26.2 Å². The van der Waals surface area contributed by atoms with Crippen LogP contribution in [0.1, 0.15) is 99.8 Å². The Morgan fingerprint density at radius 1 is 1.00 bits per heavy atom. The highest BCUT2D eigenvalue weighted by Gasteiger charge is 2.46. The van der Waals surface area contributed by atoms with Crippen molar-refractivity contribution < 1.29 is 28.2 Å². The van der Waals surface area contributed by atoms with Crippen LogP contribution in [0, 0.1) is 35.3 Å². The molecule has 3 aromatic carbocycles. The monoisotopic (exact) mass is 964 g/mol. The van der Waals surface area contributed by atoms with Crippen molar-refractivity contribution in [1.29, 1.82) is 0 Å². The summed E-state index contributed by atoms with van der Waals surface area (Å²) in [7, 11) is 1.99. The molecule has 370 valence electrons. The number of halogens is 2. The van der Waals surface area contributed by atoms with Gasteiger partial charge in [-0.15, -0.1) is 6.42 Å². The average Bonchev–Trinajstić information content (AvgIpc) is 3.95. The zero-order chi connectivity index (χ0) is 49.0. The summed E-state index contributed by atoms with van der Waals surface area (Å²) in [6.45, 7) is 10.3. The summed E-state index contributed by atoms with van der Waals surface area (Å²) < 4.78 is 40.7. The maximum atomic E-state index is 17.1. The van der Waals surface area contributed by atoms with E-state index in [0.717, 1.165) is 94.4 Å². The van der Waals surface area contributed by atoms with E-state index in [1.165, 1.54) is 42.7 Å². The predicted octanol–water partition coefficient (Wildman–Crippen LogP) is 7.54. The minimum atomic E-state index is -0.718. The van der Waals surface area contributed by atoms with Gasteiger partial charge >= 0.3 is 6.01 Å². The van der Waals surface area contributed by atoms with Gasteiger partial charge in [-0.25, -0.2) is 8.78 Å². The molecule has 3 unspecified atom stereocenters. The van der Waals surface area contributed by atoms with Gasteiger partial charge in [0.2, 0.25) is 12.3 Å². The maximum Gasteiger partial charge on any atom is 0.319 e. The Balaban J connectivity index is 0.722. The largest absolute Gasteiger partial charge is 0.508 e. The van der Waals surface area contributed by atoms with Gasteiger partial charge in [-0.05, 0) is 131 Å². The van der Waals surface area contributed by atoms with Crippen LogP contribution in [-0.2, 0) is 16.6 Å². The summed E-state index contributed by atoms with van der Waals surface area (Å²) in [5, 5.41) is 23.8. The molecule has 6 aromatic rings. The van der Waals surface area contributed by atoms with Crippen molar-refractivity contribution in [2.24, 2.45) is 18.4 Å². The number of phenols is 1. The van der Waals surface area contributed by atoms with Crippen LogP contribution in [0.25, 0.3) is 43.8 Å². The normalized spacial score (nSPS) is 21.2. The number of piperazine rings is 1. The molecular weight excluding hydrogens is 903 g/mol. The maximum absolute atomic E-state index is 17.1. The van der Waals surface area contributed by atoms with E-state index in [1.54, 1.807) is 6.20 Å². The van der Waals surface area contributed by atoms with Crippen molar-refractivity contribution in [2.45, 2.75) is 95.1 Å². The van der Waals surface area contributed by atoms with Crippen LogP contribution in [0.2, 0.25) is 0 Å². The molecule has 5 fully saturated rings. The number of aromatic hydroxyl groups is 1. The lowest BCUT2D eigenvalue weighted by atomic mass is 9.87. The Morgan fingerprint density at radius 3 is 2.49 bits per heavy atom. The average molecular weight is 965 g/mol. The number of aromatic nitrogens is 5. The van der Waals surface area contributed by atoms with E-state index in [0.29, 0.717) is 78.4 Å². The second kappa shape index (κ2) is 19.4. The zero-order valence-electron chi connectivity index (χ0n) is 40.6. The van der Waals surface area contributed by atoms with Crippen molar-refractivity contribution in [3.8, 4) is 35.4 Å². The molecule has 71 heavy (non-hydrogen) atoms. The molecule has 4 saturated heterocycles. The van der Waals surface area contributed by atoms with Gasteiger partial charge in [-0.3, -0.25) is 24.6 Å². The lowest BCUT2D eigenvalue weighted by molar-refractivity contribution is -0.125. The molecule has 3 aromatic heterocycles. The number of fused-ring (bicyclic) bond motifs is 5. The van der Waals surface area contributed by atoms with Gasteiger partial charge < -0.3 is 29.9 Å². The first-order valence-electron chi connectivity index (χ1n) is 25.5. The van der Waals surface area contributed by atoms with Crippen molar-refractivity contribution in [3.05, 3.63) is 77.1 Å². The molecule has 4 aliphatic heterocycles. The van der Waals surface area contributed by atoms with E-state index in [2.05, 4.69) is 61.4 Å². The molecular formula is C55H62F2N10O4. The highest BCUT2D eigenvalue weighted by molar-refractivity contribution is 6.03. The van der Waals surface area contributed by atoms with Crippen LogP contribution in [0.4, 0.5) is 14.6 Å². The van der Waals surface area contributed by atoms with Crippen LogP contribution in [0.3, 0.4) is 0 Å². The smallest absolute Gasteiger partial charge is 0.319 e. The number of hydrogen-bond donors (Lipinski definition) is 3. The Morgan fingerprint density at radius 2 is 1.76 bits per heavy atom. The van der Waals surface area contributed by atoms with Crippen LogP contribution in [-0.4, -0.2) is 123 Å². The summed E-state index contributed by atoms with van der Waals surface area (Å²) in [5.41, 5.74) is 3.56. The number of piperidine rings is 2. The predicted molar refractivity (Wildman–Crippen MR) is 269 cm³/mol. The third-order valence-electron chi connectivity index (χ3n) is 16.3. The van der Waals surface area contributed by atoms with Crippen molar-refractivity contribution >= 4 is 50.7 Å². The van der Waals surface area contributed by atoms with Crippen LogP contribution < -0.4 is 20.3 Å². The summed E-state index contributed by atoms with van der Waals surface area (Å²) in [6.07, 6.45) is 17.5. The number of likely N-dealkylation sites (tertiary alicyclic amines) is 2. The Bertz CT molecular complexity index is 3050. The number of imide groups is 1. The highest BCUT2D eigenvalue weighted by Crippen LogP contribution is 2.47. The number of hydrogen-bond acceptors (Lipinski definition) is 12. The number of nitrogens with one attached hydrogen (secondary N) is 2. The van der Waals surface area contributed by atoms with E-state index in [1.807, 2.05) is 11.7 Å². The molecule has 2 bridgehead atoms. The van der Waals surface area contributed by atoms with Crippen LogP contribution in [0.5, 0.6) is 11.8 Å². The molecule has 3 atom stereocenters. The van der Waals surface area contributed by atoms with Crippen molar-refractivity contribution in [2.75, 3.05) is 63.9 Å². The SMILES string of the molecule is C#Cc1c(F)ccc2cc(O)cc(-c3ncc4c(N5CC6CCC(C5)N6)nc(OCC5(CN6CCC(CN7CCC(c8ccc9c(C(C)CCC(=O)NC=O)nn(C)c9c8)CC7)CC6)CC5)nc4c3F)c12. The molecule has 1 saturated carbocycles. The first-order valence-corrected chi connectivity index (χ1v) is 25.5. The van der Waals surface area contributed by atoms with Crippen molar-refractivity contribution in [3.63, 3.8) is 0 Å². The fourth-order valence-corrected chi connectivity index (χ4v) is 12.1. The minimum Gasteiger partial charge on any atom is -0.508 e. The molecule has 1 aliphatic carbocycles. The number of phenolic OH excluding ortho intramolecular Hbond substituents is 1. The molecule has 16 heteroatoms. The van der Waals surface area contributed by atoms with Gasteiger partial charge in [0.25, 0.3) is 0 Å². The number of carbonyl (C=O) groups is 2. The summed E-state index contributed by atoms with van der Waals surface area (Å²) >= 11 is 0. The van der Waals surface area contributed by atoms with E-state index >= 15 is 8.78 Å². The second-order valence-electron chi connectivity index (χ2n) is 21.2. The van der Waals surface area contributed by atoms with Gasteiger partial charge in [-0.2, -0.15) is 15.1 Å². The third-order valence-corrected chi connectivity index (χ3v) is 16.3. The zero-order valence-corrected chi connectivity index (χ0v) is 40.6. The molecule has 7 heterocycles. The van der Waals surface area contributed by atoms with Gasteiger partial charge in [0, 0.05) is 85.6 Å². The Kier molecular flexibility index (Phi) is 12.8. The second-order valence-corrected chi connectivity index (χ2v) is 21.2. The number of rotatable bonds is 15. The fraction of sp³-hybridized carbons (Fsp3) is 0.491. The first kappa shape index (κ1) is 47.1. The molecule has 5 aliphatic rings. The van der Waals surface area contributed by atoms with Crippen LogP contribution in [0.15, 0.2) is 48.7 Å². The summed E-state index contributed by atoms with van der Waals surface area (Å²) in [6, 6.07) is 13.1. The number of anilines is 1. The first-order chi connectivity index (χ1) is 34.4. The number of pyridine rings is 1. The number of amides is 2. The summed E-state index contributed by atoms with van der Waals surface area (Å²) in [5.74, 6) is 2.54. The van der Waals surface area contributed by atoms with E-state index in [9.17, 15) is 14.7 Å². The summed E-state index contributed by atoms with van der Waals surface area (Å²) in [4.78, 5) is 44.3. The number of nitrogens with zero attached hydrogens (tertiary/aromatic N) is 8. The van der Waals surface area contributed by atoms with Crippen LogP contribution >= 0.6 is 0 Å². The molecule has 0 spiro atoms. The standard InChI is InChI=1S/C55H62F2N10O4/c1-4-41-45(56)11-7-37-23-40(69)25-43(48(37)41)51-49(57)52-44(26-58-51)53(67-28-38-8-9-39(29-67)60-38)62-54(61-52)71-31-55(17-18-55)30-66-19-13-34(14-20-66)27-65-21-15-35(16-22-65)36-6-10-42-46(24-36)64(3)63-50(42)33(2)5-12-47(70)59-32-68/h1,6-7,10-11,23-26,32-35,38-39,60,69H,5,8-9,12-22,27-31H2,2-3H3,(H,59,68,70). The fourth-order valence-electron chi connectivity index (χ4n) is 12.1. The Hall–Kier alpha value is -6.28. The Labute approximate surface area is 412 Å². The van der Waals surface area contributed by atoms with E-state index < -0.39 is 11.6 Å². The van der Waals surface area contributed by atoms with Gasteiger partial charge in [-0.1, -0.05) is 31.0 Å². The number of ether oxygens (including phenoxy) is 1. The van der Waals surface area contributed by atoms with Crippen molar-refractivity contribution in [1.82, 2.24) is 45.2 Å². The van der Waals surface area contributed by atoms with Gasteiger partial charge in [0.05, 0.1) is 28.8 Å². The number of carbonyl (C=O) groups excluding carboxylic acids is 2. The number of aryl methyl sites for hydroxylation is 1. The lowest BCUT2D eigenvalue weighted by Gasteiger charge is -2.38. The molecule has 2 amide bonds. The topological polar surface area (TPSA) is 154 Å². The third kappa shape index (κ3) is 9.52. The molecule has 0 radical (unpaired) electrons. The molecule has 3 N–H and O–H groups in total. The number of benzene rings is 3. The van der Waals surface area contributed by atoms with Gasteiger partial charge in [0.15, 0.2) is 5.82 Å². The van der Waals surface area contributed by atoms with Gasteiger partial charge in [0.1, 0.15) is 28.6 Å². The highest BCUT2D eigenvalue weighted by atomic mass is 19.1. The minimum absolute atomic E-state index is 0.0202. The lowest BCUT2D eigenvalue weighted by Crippen LogP contribution is -2.51. The quantitative estimate of drug-likeness (QED) is 0.0689. The molecule has 14 nitrogen and oxygen atoms in total. The molecule has 11 rings (SSSR count).